The van der Waals surface area contributed by atoms with E-state index in [1.807, 2.05) is 31.7 Å². The minimum atomic E-state index is -0.451. The van der Waals surface area contributed by atoms with Gasteiger partial charge >= 0.3 is 6.09 Å². The third-order valence-corrected chi connectivity index (χ3v) is 4.39. The summed E-state index contributed by atoms with van der Waals surface area (Å²) in [7, 11) is 0. The van der Waals surface area contributed by atoms with Gasteiger partial charge in [-0.1, -0.05) is 18.2 Å². The largest absolute Gasteiger partial charge is 0.444 e. The number of ether oxygens (including phenoxy) is 1. The Morgan fingerprint density at radius 3 is 2.81 bits per heavy atom. The van der Waals surface area contributed by atoms with E-state index in [0.29, 0.717) is 0 Å². The number of rotatable bonds is 0. The van der Waals surface area contributed by atoms with E-state index in [-0.39, 0.29) is 11.6 Å². The molecule has 0 aliphatic carbocycles. The lowest BCUT2D eigenvalue weighted by Gasteiger charge is -2.43. The van der Waals surface area contributed by atoms with Crippen molar-refractivity contribution < 1.29 is 9.53 Å². The van der Waals surface area contributed by atoms with Crippen LogP contribution in [0, 0.1) is 0 Å². The van der Waals surface area contributed by atoms with Crippen LogP contribution in [0.3, 0.4) is 0 Å². The molecule has 1 spiro atoms. The van der Waals surface area contributed by atoms with Crippen LogP contribution < -0.4 is 5.32 Å². The highest BCUT2D eigenvalue weighted by Gasteiger charge is 2.48. The van der Waals surface area contributed by atoms with E-state index in [2.05, 4.69) is 23.5 Å². The van der Waals surface area contributed by atoms with Crippen LogP contribution in [-0.2, 0) is 10.3 Å². The summed E-state index contributed by atoms with van der Waals surface area (Å²) < 4.78 is 5.63. The molecule has 4 nitrogen and oxygen atoms in total. The van der Waals surface area contributed by atoms with Crippen LogP contribution in [0.4, 0.5) is 10.5 Å². The molecule has 4 heteroatoms. The number of carbonyl (C=O) groups excluding carboxylic acids is 1. The van der Waals surface area contributed by atoms with Crippen LogP contribution in [0.15, 0.2) is 24.3 Å². The highest BCUT2D eigenvalue weighted by atomic mass is 16.6. The second kappa shape index (κ2) is 4.93. The lowest BCUT2D eigenvalue weighted by Crippen LogP contribution is -2.49. The monoisotopic (exact) mass is 288 g/mol. The number of hydrogen-bond donors (Lipinski definition) is 1. The van der Waals surface area contributed by atoms with E-state index >= 15 is 0 Å². The molecule has 1 aromatic carbocycles. The molecule has 1 atom stereocenters. The number of hydrogen-bond acceptors (Lipinski definition) is 3. The van der Waals surface area contributed by atoms with Gasteiger partial charge in [-0.05, 0) is 46.1 Å². The molecule has 21 heavy (non-hydrogen) atoms. The molecule has 0 aromatic heterocycles. The van der Waals surface area contributed by atoms with Crippen molar-refractivity contribution in [1.29, 1.82) is 0 Å². The number of fused-ring (bicyclic) bond motifs is 2. The maximum Gasteiger partial charge on any atom is 0.411 e. The summed E-state index contributed by atoms with van der Waals surface area (Å²) >= 11 is 0. The van der Waals surface area contributed by atoms with Gasteiger partial charge in [0, 0.05) is 24.3 Å². The van der Waals surface area contributed by atoms with Crippen LogP contribution in [0.2, 0.25) is 0 Å². The number of nitrogens with zero attached hydrogens (tertiary/aromatic N) is 1. The van der Waals surface area contributed by atoms with Crippen molar-refractivity contribution >= 4 is 11.8 Å². The Morgan fingerprint density at radius 1 is 1.29 bits per heavy atom. The summed E-state index contributed by atoms with van der Waals surface area (Å²) in [5.41, 5.74) is 1.75. The zero-order chi connectivity index (χ0) is 15.1. The summed E-state index contributed by atoms with van der Waals surface area (Å²) in [5, 5.41) is 3.44. The average Bonchev–Trinajstić information content (AvgIpc) is 2.82. The van der Waals surface area contributed by atoms with Crippen LogP contribution >= 0.6 is 0 Å². The predicted octanol–water partition coefficient (Wildman–Crippen LogP) is 3.73. The lowest BCUT2D eigenvalue weighted by atomic mass is 9.81. The number of carbonyl (C=O) groups is 1. The molecule has 1 fully saturated rings. The van der Waals surface area contributed by atoms with Crippen molar-refractivity contribution in [2.75, 3.05) is 18.4 Å². The number of nitrogens with one attached hydrogen (secondary N) is 1. The smallest absolute Gasteiger partial charge is 0.411 e. The highest BCUT2D eigenvalue weighted by Crippen LogP contribution is 2.47. The first-order valence-corrected chi connectivity index (χ1v) is 7.76. The third-order valence-electron chi connectivity index (χ3n) is 4.39. The Hall–Kier alpha value is -1.71. The first kappa shape index (κ1) is 14.2. The first-order valence-electron chi connectivity index (χ1n) is 7.76. The van der Waals surface area contributed by atoms with Crippen molar-refractivity contribution in [3.63, 3.8) is 0 Å². The van der Waals surface area contributed by atoms with E-state index in [4.69, 9.17) is 4.74 Å². The molecule has 1 saturated heterocycles. The van der Waals surface area contributed by atoms with Gasteiger partial charge in [0.15, 0.2) is 0 Å². The Labute approximate surface area is 126 Å². The zero-order valence-corrected chi connectivity index (χ0v) is 13.1. The molecule has 0 bridgehead atoms. The molecular formula is C17H24N2O2. The second-order valence-corrected chi connectivity index (χ2v) is 6.99. The molecule has 0 saturated carbocycles. The first-order chi connectivity index (χ1) is 9.92. The Balaban J connectivity index is 1.96. The minimum absolute atomic E-state index is 0.184. The molecule has 0 unspecified atom stereocenters. The number of amides is 1. The standard InChI is InChI=1S/C17H24N2O2/c1-16(2,3)21-15(20)19-12-6-9-17(19)10-11-18-14-8-5-4-7-13(14)17/h4-5,7-8,18H,6,9-12H2,1-3H3/t17-/m0/s1. The summed E-state index contributed by atoms with van der Waals surface area (Å²) in [6, 6.07) is 8.34. The molecular weight excluding hydrogens is 264 g/mol. The number of anilines is 1. The summed E-state index contributed by atoms with van der Waals surface area (Å²) in [6.07, 6.45) is 2.82. The maximum absolute atomic E-state index is 12.6. The van der Waals surface area contributed by atoms with Gasteiger partial charge in [0.25, 0.3) is 0 Å². The van der Waals surface area contributed by atoms with Gasteiger partial charge in [-0.15, -0.1) is 0 Å². The lowest BCUT2D eigenvalue weighted by molar-refractivity contribution is 0.00532. The van der Waals surface area contributed by atoms with Crippen molar-refractivity contribution in [1.82, 2.24) is 4.90 Å². The fraction of sp³-hybridized carbons (Fsp3) is 0.588. The van der Waals surface area contributed by atoms with Crippen LogP contribution in [0.1, 0.15) is 45.6 Å². The summed E-state index contributed by atoms with van der Waals surface area (Å²) in [5.74, 6) is 0. The van der Waals surface area contributed by atoms with Crippen molar-refractivity contribution in [3.8, 4) is 0 Å². The SMILES string of the molecule is CC(C)(C)OC(=O)N1CCC[C@@]12CCNc1ccccc12. The molecule has 1 aromatic rings. The van der Waals surface area contributed by atoms with Crippen LogP contribution in [-0.4, -0.2) is 29.7 Å². The molecule has 3 rings (SSSR count). The Kier molecular flexibility index (Phi) is 3.34. The number of benzene rings is 1. The average molecular weight is 288 g/mol. The Morgan fingerprint density at radius 2 is 2.05 bits per heavy atom. The molecule has 2 aliphatic rings. The van der Waals surface area contributed by atoms with Crippen molar-refractivity contribution in [2.45, 2.75) is 51.2 Å². The number of para-hydroxylation sites is 1. The zero-order valence-electron chi connectivity index (χ0n) is 13.1. The van der Waals surface area contributed by atoms with Gasteiger partial charge in [0.2, 0.25) is 0 Å². The van der Waals surface area contributed by atoms with E-state index in [1.165, 1.54) is 5.56 Å². The fourth-order valence-corrected chi connectivity index (χ4v) is 3.58. The predicted molar refractivity (Wildman–Crippen MR) is 83.4 cm³/mol. The normalized spacial score (nSPS) is 24.6. The molecule has 1 amide bonds. The Bertz CT molecular complexity index is 550. The van der Waals surface area contributed by atoms with Gasteiger partial charge in [0.05, 0.1) is 5.54 Å². The summed E-state index contributed by atoms with van der Waals surface area (Å²) in [4.78, 5) is 14.6. The molecule has 2 heterocycles. The van der Waals surface area contributed by atoms with Gasteiger partial charge in [-0.25, -0.2) is 4.79 Å². The minimum Gasteiger partial charge on any atom is -0.444 e. The third kappa shape index (κ3) is 2.47. The maximum atomic E-state index is 12.6. The van der Waals surface area contributed by atoms with Crippen LogP contribution in [0.25, 0.3) is 0 Å². The fourth-order valence-electron chi connectivity index (χ4n) is 3.58. The topological polar surface area (TPSA) is 41.6 Å². The molecule has 2 aliphatic heterocycles. The second-order valence-electron chi connectivity index (χ2n) is 6.99. The van der Waals surface area contributed by atoms with Crippen molar-refractivity contribution in [2.24, 2.45) is 0 Å². The quantitative estimate of drug-likeness (QED) is 0.791. The van der Waals surface area contributed by atoms with Gasteiger partial charge in [0.1, 0.15) is 5.60 Å². The van der Waals surface area contributed by atoms with Gasteiger partial charge in [-0.2, -0.15) is 0 Å². The van der Waals surface area contributed by atoms with Crippen molar-refractivity contribution in [3.05, 3.63) is 29.8 Å². The molecule has 1 N–H and O–H groups in total. The van der Waals surface area contributed by atoms with E-state index in [1.54, 1.807) is 0 Å². The van der Waals surface area contributed by atoms with Crippen LogP contribution in [0.5, 0.6) is 0 Å². The number of likely N-dealkylation sites (tertiary alicyclic amines) is 1. The van der Waals surface area contributed by atoms with Gasteiger partial charge in [-0.3, -0.25) is 4.90 Å². The van der Waals surface area contributed by atoms with E-state index in [9.17, 15) is 4.79 Å². The molecule has 114 valence electrons. The highest BCUT2D eigenvalue weighted by molar-refractivity contribution is 5.72. The van der Waals surface area contributed by atoms with E-state index < -0.39 is 5.60 Å². The van der Waals surface area contributed by atoms with E-state index in [0.717, 1.165) is 38.0 Å². The molecule has 0 radical (unpaired) electrons. The summed E-state index contributed by atoms with van der Waals surface area (Å²) in [6.45, 7) is 7.44. The van der Waals surface area contributed by atoms with Gasteiger partial charge < -0.3 is 10.1 Å².